The summed E-state index contributed by atoms with van der Waals surface area (Å²) >= 11 is 0. The van der Waals surface area contributed by atoms with Crippen LogP contribution in [0.5, 0.6) is 5.75 Å². The molecular weight excluding hydrogens is 274 g/mol. The number of amides is 1. The van der Waals surface area contributed by atoms with Gasteiger partial charge in [-0.3, -0.25) is 4.79 Å². The van der Waals surface area contributed by atoms with Gasteiger partial charge in [-0.15, -0.1) is 0 Å². The van der Waals surface area contributed by atoms with E-state index >= 15 is 0 Å². The first-order chi connectivity index (χ1) is 10.7. The first kappa shape index (κ1) is 16.1. The fourth-order valence-corrected chi connectivity index (χ4v) is 2.25. The maximum Gasteiger partial charge on any atom is 0.224 e. The second-order valence-corrected chi connectivity index (χ2v) is 5.18. The molecule has 2 rings (SSSR count). The minimum Gasteiger partial charge on any atom is -0.494 e. The third kappa shape index (κ3) is 4.92. The van der Waals surface area contributed by atoms with Gasteiger partial charge in [0.15, 0.2) is 0 Å². The topological polar surface area (TPSA) is 38.3 Å². The number of carbonyl (C=O) groups excluding carboxylic acids is 1. The molecule has 0 saturated carbocycles. The lowest BCUT2D eigenvalue weighted by molar-refractivity contribution is -0.116. The van der Waals surface area contributed by atoms with Crippen molar-refractivity contribution in [1.82, 2.24) is 0 Å². The summed E-state index contributed by atoms with van der Waals surface area (Å²) in [5, 5.41) is 2.91. The molecule has 0 fully saturated rings. The summed E-state index contributed by atoms with van der Waals surface area (Å²) < 4.78 is 5.43. The molecule has 0 aliphatic rings. The number of ether oxygens (including phenoxy) is 1. The number of anilines is 1. The van der Waals surface area contributed by atoms with Crippen molar-refractivity contribution < 1.29 is 9.53 Å². The molecule has 0 atom stereocenters. The summed E-state index contributed by atoms with van der Waals surface area (Å²) in [5.41, 5.74) is 3.29. The lowest BCUT2D eigenvalue weighted by atomic mass is 10.1. The molecule has 116 valence electrons. The number of carbonyl (C=O) groups is 1. The van der Waals surface area contributed by atoms with Gasteiger partial charge in [0.1, 0.15) is 5.75 Å². The lowest BCUT2D eigenvalue weighted by Crippen LogP contribution is -2.12. The Morgan fingerprint density at radius 1 is 1.05 bits per heavy atom. The molecule has 1 N–H and O–H groups in total. The second-order valence-electron chi connectivity index (χ2n) is 5.18. The molecule has 22 heavy (non-hydrogen) atoms. The van der Waals surface area contributed by atoms with E-state index in [1.54, 1.807) is 0 Å². The Hall–Kier alpha value is -2.29. The highest BCUT2D eigenvalue weighted by Crippen LogP contribution is 2.17. The van der Waals surface area contributed by atoms with Crippen LogP contribution < -0.4 is 10.1 Å². The van der Waals surface area contributed by atoms with Crippen molar-refractivity contribution in [3.8, 4) is 5.75 Å². The van der Waals surface area contributed by atoms with Crippen molar-refractivity contribution in [2.75, 3.05) is 11.9 Å². The zero-order valence-electron chi connectivity index (χ0n) is 13.3. The van der Waals surface area contributed by atoms with E-state index in [9.17, 15) is 4.79 Å². The summed E-state index contributed by atoms with van der Waals surface area (Å²) in [7, 11) is 0. The van der Waals surface area contributed by atoms with Crippen molar-refractivity contribution in [3.63, 3.8) is 0 Å². The van der Waals surface area contributed by atoms with E-state index in [1.807, 2.05) is 31.2 Å². The van der Waals surface area contributed by atoms with E-state index in [4.69, 9.17) is 4.74 Å². The molecule has 0 saturated heterocycles. The largest absolute Gasteiger partial charge is 0.494 e. The summed E-state index contributed by atoms with van der Waals surface area (Å²) in [6, 6.07) is 15.9. The minimum absolute atomic E-state index is 0.0215. The number of hydrogen-bond acceptors (Lipinski definition) is 2. The standard InChI is InChI=1S/C19H23NO2/c1-3-15-8-10-16(11-9-15)12-13-19(21)20-17-6-5-7-18(14-17)22-4-2/h5-11,14H,3-4,12-13H2,1-2H3,(H,20,21). The van der Waals surface area contributed by atoms with E-state index in [2.05, 4.69) is 36.5 Å². The van der Waals surface area contributed by atoms with Crippen molar-refractivity contribution in [2.24, 2.45) is 0 Å². The molecule has 0 bridgehead atoms. The van der Waals surface area contributed by atoms with Gasteiger partial charge in [0.25, 0.3) is 0 Å². The predicted octanol–water partition coefficient (Wildman–Crippen LogP) is 4.22. The van der Waals surface area contributed by atoms with Gasteiger partial charge in [-0.1, -0.05) is 37.3 Å². The number of rotatable bonds is 7. The van der Waals surface area contributed by atoms with Crippen LogP contribution in [0.25, 0.3) is 0 Å². The average molecular weight is 297 g/mol. The van der Waals surface area contributed by atoms with Gasteiger partial charge < -0.3 is 10.1 Å². The van der Waals surface area contributed by atoms with Crippen LogP contribution in [0, 0.1) is 0 Å². The molecule has 0 aliphatic carbocycles. The SMILES string of the molecule is CCOc1cccc(NC(=O)CCc2ccc(CC)cc2)c1. The number of hydrogen-bond donors (Lipinski definition) is 1. The Morgan fingerprint density at radius 2 is 1.77 bits per heavy atom. The van der Waals surface area contributed by atoms with Gasteiger partial charge in [0.05, 0.1) is 6.61 Å². The molecule has 2 aromatic carbocycles. The highest BCUT2D eigenvalue weighted by Gasteiger charge is 2.04. The molecular formula is C19H23NO2. The smallest absolute Gasteiger partial charge is 0.224 e. The summed E-state index contributed by atoms with van der Waals surface area (Å²) in [4.78, 5) is 12.0. The molecule has 0 aliphatic heterocycles. The molecule has 0 unspecified atom stereocenters. The van der Waals surface area contributed by atoms with Crippen molar-refractivity contribution in [1.29, 1.82) is 0 Å². The Labute approximate surface area is 132 Å². The highest BCUT2D eigenvalue weighted by atomic mass is 16.5. The summed E-state index contributed by atoms with van der Waals surface area (Å²) in [5.74, 6) is 0.795. The Morgan fingerprint density at radius 3 is 2.45 bits per heavy atom. The number of benzene rings is 2. The van der Waals surface area contributed by atoms with Crippen molar-refractivity contribution >= 4 is 11.6 Å². The van der Waals surface area contributed by atoms with Gasteiger partial charge in [0, 0.05) is 18.2 Å². The first-order valence-electron chi connectivity index (χ1n) is 7.81. The third-order valence-electron chi connectivity index (χ3n) is 3.50. The normalized spacial score (nSPS) is 10.3. The van der Waals surface area contributed by atoms with E-state index in [0.29, 0.717) is 13.0 Å². The van der Waals surface area contributed by atoms with Crippen LogP contribution in [-0.4, -0.2) is 12.5 Å². The molecule has 3 heteroatoms. The van der Waals surface area contributed by atoms with E-state index in [1.165, 1.54) is 11.1 Å². The zero-order valence-corrected chi connectivity index (χ0v) is 13.3. The highest BCUT2D eigenvalue weighted by molar-refractivity contribution is 5.91. The van der Waals surface area contributed by atoms with Crippen LogP contribution in [0.4, 0.5) is 5.69 Å². The second kappa shape index (κ2) is 8.23. The molecule has 1 amide bonds. The molecule has 2 aromatic rings. The molecule has 0 radical (unpaired) electrons. The lowest BCUT2D eigenvalue weighted by Gasteiger charge is -2.08. The monoisotopic (exact) mass is 297 g/mol. The summed E-state index contributed by atoms with van der Waals surface area (Å²) in [6.07, 6.45) is 2.27. The van der Waals surface area contributed by atoms with Gasteiger partial charge in [-0.2, -0.15) is 0 Å². The predicted molar refractivity (Wildman–Crippen MR) is 90.4 cm³/mol. The molecule has 0 aromatic heterocycles. The van der Waals surface area contributed by atoms with Gasteiger partial charge in [0.2, 0.25) is 5.91 Å². The van der Waals surface area contributed by atoms with Gasteiger partial charge in [-0.25, -0.2) is 0 Å². The van der Waals surface area contributed by atoms with Crippen LogP contribution in [0.2, 0.25) is 0 Å². The van der Waals surface area contributed by atoms with Crippen molar-refractivity contribution in [3.05, 3.63) is 59.7 Å². The fraction of sp³-hybridized carbons (Fsp3) is 0.316. The van der Waals surface area contributed by atoms with Crippen LogP contribution in [0.15, 0.2) is 48.5 Å². The van der Waals surface area contributed by atoms with Gasteiger partial charge in [-0.05, 0) is 43.0 Å². The van der Waals surface area contributed by atoms with E-state index in [0.717, 1.165) is 24.3 Å². The van der Waals surface area contributed by atoms with E-state index < -0.39 is 0 Å². The van der Waals surface area contributed by atoms with E-state index in [-0.39, 0.29) is 5.91 Å². The molecule has 0 spiro atoms. The van der Waals surface area contributed by atoms with Crippen LogP contribution in [0.3, 0.4) is 0 Å². The van der Waals surface area contributed by atoms with Crippen LogP contribution >= 0.6 is 0 Å². The van der Waals surface area contributed by atoms with Crippen LogP contribution in [0.1, 0.15) is 31.4 Å². The van der Waals surface area contributed by atoms with Gasteiger partial charge >= 0.3 is 0 Å². The quantitative estimate of drug-likeness (QED) is 0.831. The fourth-order valence-electron chi connectivity index (χ4n) is 2.25. The number of aryl methyl sites for hydroxylation is 2. The third-order valence-corrected chi connectivity index (χ3v) is 3.50. The average Bonchev–Trinajstić information content (AvgIpc) is 2.54. The Kier molecular flexibility index (Phi) is 6.01. The number of nitrogens with one attached hydrogen (secondary N) is 1. The minimum atomic E-state index is 0.0215. The maximum absolute atomic E-state index is 12.0. The van der Waals surface area contributed by atoms with Crippen molar-refractivity contribution in [2.45, 2.75) is 33.1 Å². The molecule has 3 nitrogen and oxygen atoms in total. The van der Waals surface area contributed by atoms with Crippen LogP contribution in [-0.2, 0) is 17.6 Å². The maximum atomic E-state index is 12.0. The summed E-state index contributed by atoms with van der Waals surface area (Å²) in [6.45, 7) is 4.69. The Balaban J connectivity index is 1.85. The molecule has 0 heterocycles. The zero-order chi connectivity index (χ0) is 15.8. The Bertz CT molecular complexity index is 605. The first-order valence-corrected chi connectivity index (χ1v) is 7.81.